The second kappa shape index (κ2) is 9.04. The fourth-order valence-corrected chi connectivity index (χ4v) is 3.99. The van der Waals surface area contributed by atoms with E-state index in [-0.39, 0.29) is 18.8 Å². The quantitative estimate of drug-likeness (QED) is 0.556. The number of methoxy groups -OCH3 is 1. The van der Waals surface area contributed by atoms with Gasteiger partial charge in [0.05, 0.1) is 29.5 Å². The number of hydrogen-bond donors (Lipinski definition) is 0. The van der Waals surface area contributed by atoms with E-state index in [0.29, 0.717) is 27.1 Å². The highest BCUT2D eigenvalue weighted by Gasteiger charge is 2.16. The van der Waals surface area contributed by atoms with Crippen molar-refractivity contribution in [2.75, 3.05) is 13.7 Å². The van der Waals surface area contributed by atoms with Crippen molar-refractivity contribution in [3.05, 3.63) is 46.0 Å². The zero-order chi connectivity index (χ0) is 21.8. The maximum atomic E-state index is 12.7. The Hall–Kier alpha value is -3.27. The smallest absolute Gasteiger partial charge is 0.338 e. The minimum absolute atomic E-state index is 0.121. The van der Waals surface area contributed by atoms with Crippen LogP contribution in [0, 0.1) is 6.92 Å². The second-order valence-corrected chi connectivity index (χ2v) is 7.36. The number of hydrogen-bond acceptors (Lipinski definition) is 7. The first-order valence-corrected chi connectivity index (χ1v) is 10.2. The topological polar surface area (TPSA) is 105 Å². The van der Waals surface area contributed by atoms with Crippen molar-refractivity contribution >= 4 is 39.4 Å². The van der Waals surface area contributed by atoms with Gasteiger partial charge in [0.1, 0.15) is 6.54 Å². The largest absolute Gasteiger partial charge is 0.468 e. The average Bonchev–Trinajstić information content (AvgIpc) is 3.27. The van der Waals surface area contributed by atoms with Crippen molar-refractivity contribution in [3.63, 3.8) is 0 Å². The molecule has 0 aliphatic rings. The number of amides is 1. The Balaban J connectivity index is 2.11. The molecule has 0 aliphatic heterocycles. The molecule has 3 aromatic rings. The minimum Gasteiger partial charge on any atom is -0.468 e. The Morgan fingerprint density at radius 3 is 2.60 bits per heavy atom. The van der Waals surface area contributed by atoms with E-state index in [9.17, 15) is 14.4 Å². The van der Waals surface area contributed by atoms with E-state index in [1.165, 1.54) is 18.4 Å². The van der Waals surface area contributed by atoms with Crippen LogP contribution in [0.25, 0.3) is 10.2 Å². The van der Waals surface area contributed by atoms with Crippen LogP contribution in [-0.4, -0.2) is 45.9 Å². The molecule has 9 nitrogen and oxygen atoms in total. The number of carbonyl (C=O) groups excluding carboxylic acids is 3. The molecule has 0 aliphatic carbocycles. The lowest BCUT2D eigenvalue weighted by Gasteiger charge is -2.05. The van der Waals surface area contributed by atoms with Gasteiger partial charge in [-0.15, -0.1) is 0 Å². The number of aromatic nitrogens is 3. The molecule has 158 valence electrons. The normalized spacial score (nSPS) is 11.7. The lowest BCUT2D eigenvalue weighted by Crippen LogP contribution is -2.22. The highest BCUT2D eigenvalue weighted by Crippen LogP contribution is 2.20. The van der Waals surface area contributed by atoms with Gasteiger partial charge in [-0.1, -0.05) is 11.3 Å². The molecule has 0 spiro atoms. The third-order valence-electron chi connectivity index (χ3n) is 4.41. The fraction of sp³-hybridized carbons (Fsp3) is 0.350. The molecule has 0 fully saturated rings. The number of rotatable bonds is 6. The summed E-state index contributed by atoms with van der Waals surface area (Å²) in [5.41, 5.74) is 2.11. The number of thiazole rings is 1. The Morgan fingerprint density at radius 1 is 1.20 bits per heavy atom. The predicted octanol–water partition coefficient (Wildman–Crippen LogP) is 2.32. The summed E-state index contributed by atoms with van der Waals surface area (Å²) in [5.74, 6) is -1.44. The third-order valence-corrected chi connectivity index (χ3v) is 5.45. The van der Waals surface area contributed by atoms with E-state index in [4.69, 9.17) is 9.47 Å². The Labute approximate surface area is 176 Å². The molecule has 0 N–H and O–H groups in total. The van der Waals surface area contributed by atoms with Crippen LogP contribution in [0.15, 0.2) is 29.3 Å². The number of benzene rings is 1. The first kappa shape index (κ1) is 21.4. The number of esters is 2. The van der Waals surface area contributed by atoms with Crippen molar-refractivity contribution < 1.29 is 23.9 Å². The molecule has 3 rings (SSSR count). The summed E-state index contributed by atoms with van der Waals surface area (Å²) in [6.07, 6.45) is 0. The molecular weight excluding hydrogens is 408 g/mol. The van der Waals surface area contributed by atoms with Crippen molar-refractivity contribution in [1.82, 2.24) is 14.3 Å². The van der Waals surface area contributed by atoms with E-state index in [1.807, 2.05) is 13.8 Å². The molecular formula is C20H22N4O5S. The summed E-state index contributed by atoms with van der Waals surface area (Å²) >= 11 is 1.19. The Morgan fingerprint density at radius 2 is 1.97 bits per heavy atom. The number of aryl methyl sites for hydroxylation is 2. The lowest BCUT2D eigenvalue weighted by molar-refractivity contribution is -0.141. The highest BCUT2D eigenvalue weighted by molar-refractivity contribution is 7.16. The first-order chi connectivity index (χ1) is 14.4. The van der Waals surface area contributed by atoms with Gasteiger partial charge in [-0.2, -0.15) is 10.1 Å². The Kier molecular flexibility index (Phi) is 6.46. The third kappa shape index (κ3) is 4.33. The van der Waals surface area contributed by atoms with E-state index in [0.717, 1.165) is 5.69 Å². The zero-order valence-corrected chi connectivity index (χ0v) is 18.0. The van der Waals surface area contributed by atoms with E-state index in [1.54, 1.807) is 40.4 Å². The first-order valence-electron chi connectivity index (χ1n) is 9.38. The monoisotopic (exact) mass is 430 g/mol. The van der Waals surface area contributed by atoms with Crippen LogP contribution in [-0.2, 0) is 27.4 Å². The molecule has 0 saturated carbocycles. The number of fused-ring (bicyclic) bond motifs is 1. The zero-order valence-electron chi connectivity index (χ0n) is 17.2. The molecule has 30 heavy (non-hydrogen) atoms. The maximum Gasteiger partial charge on any atom is 0.338 e. The van der Waals surface area contributed by atoms with E-state index < -0.39 is 17.8 Å². The number of carbonyl (C=O) groups is 3. The van der Waals surface area contributed by atoms with Gasteiger partial charge in [0, 0.05) is 12.2 Å². The summed E-state index contributed by atoms with van der Waals surface area (Å²) < 4.78 is 13.8. The van der Waals surface area contributed by atoms with Gasteiger partial charge in [-0.25, -0.2) is 4.79 Å². The second-order valence-electron chi connectivity index (χ2n) is 6.35. The van der Waals surface area contributed by atoms with Crippen LogP contribution in [0.4, 0.5) is 0 Å². The lowest BCUT2D eigenvalue weighted by atomic mass is 10.2. The van der Waals surface area contributed by atoms with Crippen molar-refractivity contribution in [3.8, 4) is 0 Å². The van der Waals surface area contributed by atoms with E-state index >= 15 is 0 Å². The van der Waals surface area contributed by atoms with Gasteiger partial charge >= 0.3 is 11.9 Å². The summed E-state index contributed by atoms with van der Waals surface area (Å²) in [5, 5.41) is 4.26. The van der Waals surface area contributed by atoms with Crippen LogP contribution >= 0.6 is 11.3 Å². The van der Waals surface area contributed by atoms with Gasteiger partial charge in [-0.3, -0.25) is 14.3 Å². The molecule has 0 radical (unpaired) electrons. The van der Waals surface area contributed by atoms with Crippen molar-refractivity contribution in [2.24, 2.45) is 4.99 Å². The molecule has 0 bridgehead atoms. The average molecular weight is 430 g/mol. The van der Waals surface area contributed by atoms with Crippen molar-refractivity contribution in [1.29, 1.82) is 0 Å². The van der Waals surface area contributed by atoms with Gasteiger partial charge < -0.3 is 14.0 Å². The van der Waals surface area contributed by atoms with Gasteiger partial charge in [0.25, 0.3) is 5.91 Å². The van der Waals surface area contributed by atoms with Crippen LogP contribution in [0.1, 0.15) is 40.4 Å². The number of ether oxygens (including phenoxy) is 2. The molecule has 1 aromatic carbocycles. The van der Waals surface area contributed by atoms with Gasteiger partial charge in [-0.05, 0) is 45.0 Å². The molecule has 0 atom stereocenters. The van der Waals surface area contributed by atoms with Crippen LogP contribution in [0.3, 0.4) is 0 Å². The highest BCUT2D eigenvalue weighted by atomic mass is 32.1. The number of nitrogens with zero attached hydrogens (tertiary/aromatic N) is 4. The molecule has 2 heterocycles. The molecule has 1 amide bonds. The van der Waals surface area contributed by atoms with Gasteiger partial charge in [0.15, 0.2) is 10.5 Å². The summed E-state index contributed by atoms with van der Waals surface area (Å²) in [6, 6.07) is 6.64. The van der Waals surface area contributed by atoms with Crippen LogP contribution < -0.4 is 4.80 Å². The van der Waals surface area contributed by atoms with Gasteiger partial charge in [0.2, 0.25) is 0 Å². The van der Waals surface area contributed by atoms with E-state index in [2.05, 4.69) is 10.1 Å². The molecule has 10 heteroatoms. The fourth-order valence-electron chi connectivity index (χ4n) is 2.93. The SMILES string of the molecule is CCOC(=O)c1ccc2c(c1)sc(=NC(=O)c1cc(C)n(CC)n1)n2CC(=O)OC. The van der Waals surface area contributed by atoms with Crippen LogP contribution in [0.5, 0.6) is 0 Å². The summed E-state index contributed by atoms with van der Waals surface area (Å²) in [6.45, 7) is 6.31. The molecule has 0 unspecified atom stereocenters. The Bertz CT molecular complexity index is 1190. The summed E-state index contributed by atoms with van der Waals surface area (Å²) in [7, 11) is 1.29. The van der Waals surface area contributed by atoms with Crippen molar-refractivity contribution in [2.45, 2.75) is 33.9 Å². The van der Waals surface area contributed by atoms with Crippen LogP contribution in [0.2, 0.25) is 0 Å². The maximum absolute atomic E-state index is 12.7. The minimum atomic E-state index is -0.513. The molecule has 0 saturated heterocycles. The molecule has 2 aromatic heterocycles. The predicted molar refractivity (Wildman–Crippen MR) is 110 cm³/mol. The summed E-state index contributed by atoms with van der Waals surface area (Å²) in [4.78, 5) is 41.2. The standard InChI is InChI=1S/C20H22N4O5S/c1-5-24-12(3)9-14(22-24)18(26)21-20-23(11-17(25)28-4)15-8-7-13(10-16(15)30-20)19(27)29-6-2/h7-10H,5-6,11H2,1-4H3.